The van der Waals surface area contributed by atoms with Gasteiger partial charge in [0.2, 0.25) is 0 Å². The van der Waals surface area contributed by atoms with Gasteiger partial charge < -0.3 is 10.1 Å². The van der Waals surface area contributed by atoms with Crippen molar-refractivity contribution in [3.05, 3.63) is 47.5 Å². The van der Waals surface area contributed by atoms with E-state index in [4.69, 9.17) is 4.74 Å². The molecule has 1 aliphatic rings. The minimum atomic E-state index is 0.731. The molecule has 22 heavy (non-hydrogen) atoms. The van der Waals surface area contributed by atoms with E-state index < -0.39 is 0 Å². The number of ether oxygens (including phenoxy) is 1. The Morgan fingerprint density at radius 1 is 1.09 bits per heavy atom. The van der Waals surface area contributed by atoms with E-state index in [0.29, 0.717) is 0 Å². The van der Waals surface area contributed by atoms with Gasteiger partial charge in [0.15, 0.2) is 0 Å². The number of hydrogen-bond acceptors (Lipinski definition) is 3. The van der Waals surface area contributed by atoms with Gasteiger partial charge in [0.1, 0.15) is 12.4 Å². The molecule has 0 saturated carbocycles. The summed E-state index contributed by atoms with van der Waals surface area (Å²) in [6.45, 7) is 8.64. The fourth-order valence-corrected chi connectivity index (χ4v) is 2.70. The summed E-state index contributed by atoms with van der Waals surface area (Å²) < 4.78 is 5.75. The molecule has 2 aromatic carbocycles. The Morgan fingerprint density at radius 3 is 2.64 bits per heavy atom. The number of benzene rings is 2. The van der Waals surface area contributed by atoms with Gasteiger partial charge in [-0.1, -0.05) is 12.1 Å². The van der Waals surface area contributed by atoms with Crippen molar-refractivity contribution in [3.8, 4) is 16.9 Å². The van der Waals surface area contributed by atoms with Crippen molar-refractivity contribution in [2.45, 2.75) is 27.3 Å². The van der Waals surface area contributed by atoms with E-state index in [1.54, 1.807) is 0 Å². The first-order valence-corrected chi connectivity index (χ1v) is 7.73. The molecule has 1 heterocycles. The van der Waals surface area contributed by atoms with Gasteiger partial charge in [-0.05, 0) is 61.7 Å². The third-order valence-electron chi connectivity index (χ3n) is 3.79. The summed E-state index contributed by atoms with van der Waals surface area (Å²) in [5.74, 6) is 0.994. The number of nitrogens with zero attached hydrogens (tertiary/aromatic N) is 1. The molecule has 0 unspecified atom stereocenters. The first kappa shape index (κ1) is 14.8. The molecule has 0 radical (unpaired) electrons. The SMILES string of the molecule is CC(C)=Nc1ccc(-c2ccc3c(c2)CNCCO3)cc1C. The summed E-state index contributed by atoms with van der Waals surface area (Å²) in [4.78, 5) is 4.56. The third-order valence-corrected chi connectivity index (χ3v) is 3.79. The van der Waals surface area contributed by atoms with Crippen LogP contribution in [0.5, 0.6) is 5.75 Å². The number of fused-ring (bicyclic) bond motifs is 1. The first-order chi connectivity index (χ1) is 10.6. The molecule has 3 nitrogen and oxygen atoms in total. The predicted molar refractivity (Wildman–Crippen MR) is 92.3 cm³/mol. The van der Waals surface area contributed by atoms with Crippen molar-refractivity contribution in [2.75, 3.05) is 13.2 Å². The summed E-state index contributed by atoms with van der Waals surface area (Å²) >= 11 is 0. The van der Waals surface area contributed by atoms with Gasteiger partial charge in [0.25, 0.3) is 0 Å². The molecule has 1 aliphatic heterocycles. The van der Waals surface area contributed by atoms with Crippen molar-refractivity contribution in [1.82, 2.24) is 5.32 Å². The van der Waals surface area contributed by atoms with Crippen LogP contribution in [-0.4, -0.2) is 18.9 Å². The Balaban J connectivity index is 1.96. The molecule has 114 valence electrons. The highest BCUT2D eigenvalue weighted by Gasteiger charge is 2.10. The fourth-order valence-electron chi connectivity index (χ4n) is 2.70. The van der Waals surface area contributed by atoms with Crippen molar-refractivity contribution in [2.24, 2.45) is 4.99 Å². The standard InChI is InChI=1S/C19H22N2O/c1-13(2)21-18-6-4-15(10-14(18)3)16-5-7-19-17(11-16)12-20-8-9-22-19/h4-7,10-11,20H,8-9,12H2,1-3H3. The van der Waals surface area contributed by atoms with Gasteiger partial charge in [-0.15, -0.1) is 0 Å². The van der Waals surface area contributed by atoms with Crippen LogP contribution < -0.4 is 10.1 Å². The molecule has 0 bridgehead atoms. The minimum absolute atomic E-state index is 0.731. The van der Waals surface area contributed by atoms with Crippen molar-refractivity contribution >= 4 is 11.4 Å². The maximum Gasteiger partial charge on any atom is 0.123 e. The number of rotatable bonds is 2. The maximum atomic E-state index is 5.75. The molecular weight excluding hydrogens is 272 g/mol. The van der Waals surface area contributed by atoms with Crippen LogP contribution in [0.1, 0.15) is 25.0 Å². The zero-order valence-electron chi connectivity index (χ0n) is 13.4. The lowest BCUT2D eigenvalue weighted by atomic mass is 10.00. The second kappa shape index (κ2) is 6.32. The van der Waals surface area contributed by atoms with Crippen molar-refractivity contribution < 1.29 is 4.74 Å². The Bertz CT molecular complexity index is 715. The van der Waals surface area contributed by atoms with Crippen LogP contribution in [0.15, 0.2) is 41.4 Å². The fraction of sp³-hybridized carbons (Fsp3) is 0.316. The summed E-state index contributed by atoms with van der Waals surface area (Å²) in [6, 6.07) is 12.9. The molecular formula is C19H22N2O. The van der Waals surface area contributed by atoms with Crippen molar-refractivity contribution in [1.29, 1.82) is 0 Å². The summed E-state index contributed by atoms with van der Waals surface area (Å²) in [5.41, 5.74) is 6.98. The smallest absolute Gasteiger partial charge is 0.123 e. The topological polar surface area (TPSA) is 33.6 Å². The van der Waals surface area contributed by atoms with E-state index in [-0.39, 0.29) is 0 Å². The number of hydrogen-bond donors (Lipinski definition) is 1. The number of aliphatic imine (C=N–C) groups is 1. The Kier molecular flexibility index (Phi) is 4.25. The molecule has 0 amide bonds. The number of aryl methyl sites for hydroxylation is 1. The average molecular weight is 294 g/mol. The quantitative estimate of drug-likeness (QED) is 0.840. The summed E-state index contributed by atoms with van der Waals surface area (Å²) in [5, 5.41) is 3.38. The van der Waals surface area contributed by atoms with E-state index in [0.717, 1.165) is 36.8 Å². The van der Waals surface area contributed by atoms with Gasteiger partial charge in [-0.3, -0.25) is 4.99 Å². The lowest BCUT2D eigenvalue weighted by Crippen LogP contribution is -2.16. The normalized spacial score (nSPS) is 13.8. The van der Waals surface area contributed by atoms with Gasteiger partial charge in [0.05, 0.1) is 5.69 Å². The molecule has 0 aromatic heterocycles. The highest BCUT2D eigenvalue weighted by molar-refractivity contribution is 5.83. The highest BCUT2D eigenvalue weighted by Crippen LogP contribution is 2.30. The van der Waals surface area contributed by atoms with Crippen LogP contribution in [0.25, 0.3) is 11.1 Å². The van der Waals surface area contributed by atoms with E-state index in [9.17, 15) is 0 Å². The maximum absolute atomic E-state index is 5.75. The van der Waals surface area contributed by atoms with Crippen LogP contribution >= 0.6 is 0 Å². The van der Waals surface area contributed by atoms with E-state index >= 15 is 0 Å². The van der Waals surface area contributed by atoms with Crippen LogP contribution in [0, 0.1) is 6.92 Å². The average Bonchev–Trinajstić information content (AvgIpc) is 2.73. The second-order valence-electron chi connectivity index (χ2n) is 5.91. The molecule has 1 N–H and O–H groups in total. The number of nitrogens with one attached hydrogen (secondary N) is 1. The van der Waals surface area contributed by atoms with Crippen LogP contribution in [0.3, 0.4) is 0 Å². The predicted octanol–water partition coefficient (Wildman–Crippen LogP) is 4.26. The molecule has 0 saturated heterocycles. The summed E-state index contributed by atoms with van der Waals surface area (Å²) in [6.07, 6.45) is 0. The van der Waals surface area contributed by atoms with Gasteiger partial charge in [0, 0.05) is 24.4 Å². The Labute approximate surface area is 132 Å². The largest absolute Gasteiger partial charge is 0.492 e. The third kappa shape index (κ3) is 3.20. The van der Waals surface area contributed by atoms with E-state index in [1.807, 2.05) is 13.8 Å². The molecule has 3 rings (SSSR count). The molecule has 0 spiro atoms. The Hall–Kier alpha value is -2.13. The molecule has 3 heteroatoms. The van der Waals surface area contributed by atoms with Crippen LogP contribution in [-0.2, 0) is 6.54 Å². The minimum Gasteiger partial charge on any atom is -0.492 e. The molecule has 2 aromatic rings. The lowest BCUT2D eigenvalue weighted by molar-refractivity contribution is 0.326. The van der Waals surface area contributed by atoms with Crippen LogP contribution in [0.4, 0.5) is 5.69 Å². The zero-order valence-corrected chi connectivity index (χ0v) is 13.4. The van der Waals surface area contributed by atoms with Gasteiger partial charge in [-0.2, -0.15) is 0 Å². The summed E-state index contributed by atoms with van der Waals surface area (Å²) in [7, 11) is 0. The van der Waals surface area contributed by atoms with Gasteiger partial charge >= 0.3 is 0 Å². The Morgan fingerprint density at radius 2 is 1.86 bits per heavy atom. The van der Waals surface area contributed by atoms with E-state index in [2.05, 4.69) is 53.6 Å². The molecule has 0 aliphatic carbocycles. The highest BCUT2D eigenvalue weighted by atomic mass is 16.5. The second-order valence-corrected chi connectivity index (χ2v) is 5.91. The van der Waals surface area contributed by atoms with Crippen LogP contribution in [0.2, 0.25) is 0 Å². The zero-order chi connectivity index (χ0) is 15.5. The van der Waals surface area contributed by atoms with E-state index in [1.165, 1.54) is 22.3 Å². The monoisotopic (exact) mass is 294 g/mol. The molecule has 0 fully saturated rings. The van der Waals surface area contributed by atoms with Crippen molar-refractivity contribution in [3.63, 3.8) is 0 Å². The molecule has 0 atom stereocenters. The first-order valence-electron chi connectivity index (χ1n) is 7.73. The van der Waals surface area contributed by atoms with Gasteiger partial charge in [-0.25, -0.2) is 0 Å². The lowest BCUT2D eigenvalue weighted by Gasteiger charge is -2.10.